The Kier molecular flexibility index (Phi) is 5.54. The number of thiocarbonyl (C=S) groups is 1. The van der Waals surface area contributed by atoms with Crippen molar-refractivity contribution in [3.05, 3.63) is 77.0 Å². The van der Waals surface area contributed by atoms with Crippen molar-refractivity contribution < 1.29 is 26.3 Å². The Hall–Kier alpha value is -3.08. The fourth-order valence-electron chi connectivity index (χ4n) is 2.30. The Bertz CT molecular complexity index is 1030. The summed E-state index contributed by atoms with van der Waals surface area (Å²) < 4.78 is 81.5. The third-order valence-electron chi connectivity index (χ3n) is 3.58. The topological polar surface area (TPSA) is 41.9 Å². The van der Waals surface area contributed by atoms with E-state index >= 15 is 0 Å². The van der Waals surface area contributed by atoms with Crippen molar-refractivity contribution in [3.8, 4) is 0 Å². The first-order valence-electron chi connectivity index (χ1n) is 7.63. The van der Waals surface area contributed by atoms with Crippen LogP contribution in [0, 0.1) is 34.9 Å². The molecule has 0 spiro atoms. The SMILES string of the molecule is Fc1ccc(NC(=S)Nc2ccn(Cc3c(F)c(F)cc(F)c3F)n2)c(F)c1. The minimum atomic E-state index is -1.52. The van der Waals surface area contributed by atoms with Gasteiger partial charge in [0.25, 0.3) is 0 Å². The first-order valence-corrected chi connectivity index (χ1v) is 8.04. The average molecular weight is 416 g/mol. The van der Waals surface area contributed by atoms with Crippen molar-refractivity contribution in [1.82, 2.24) is 9.78 Å². The highest BCUT2D eigenvalue weighted by Gasteiger charge is 2.19. The molecule has 0 saturated carbocycles. The number of benzene rings is 2. The van der Waals surface area contributed by atoms with Gasteiger partial charge in [-0.15, -0.1) is 0 Å². The molecule has 0 aliphatic carbocycles. The lowest BCUT2D eigenvalue weighted by Gasteiger charge is -2.10. The van der Waals surface area contributed by atoms with Crippen LogP contribution in [-0.2, 0) is 6.54 Å². The lowest BCUT2D eigenvalue weighted by atomic mass is 10.2. The largest absolute Gasteiger partial charge is 0.330 e. The van der Waals surface area contributed by atoms with Gasteiger partial charge in [0.15, 0.2) is 34.2 Å². The first-order chi connectivity index (χ1) is 13.2. The molecule has 0 aliphatic heterocycles. The number of halogens is 6. The van der Waals surface area contributed by atoms with Crippen LogP contribution in [0.15, 0.2) is 36.5 Å². The fourth-order valence-corrected chi connectivity index (χ4v) is 2.52. The first kappa shape index (κ1) is 19.7. The number of anilines is 2. The summed E-state index contributed by atoms with van der Waals surface area (Å²) in [6.45, 7) is -0.583. The maximum absolute atomic E-state index is 13.7. The van der Waals surface area contributed by atoms with Crippen LogP contribution in [0.2, 0.25) is 0 Å². The fraction of sp³-hybridized carbons (Fsp3) is 0.0588. The Morgan fingerprint density at radius 1 is 0.893 bits per heavy atom. The normalized spacial score (nSPS) is 10.8. The molecule has 1 heterocycles. The predicted octanol–water partition coefficient (Wildman–Crippen LogP) is 4.57. The van der Waals surface area contributed by atoms with Crippen LogP contribution in [0.5, 0.6) is 0 Å². The number of hydrogen-bond donors (Lipinski definition) is 2. The van der Waals surface area contributed by atoms with E-state index in [-0.39, 0.29) is 22.7 Å². The summed E-state index contributed by atoms with van der Waals surface area (Å²) in [4.78, 5) is 0. The van der Waals surface area contributed by atoms with Crippen LogP contribution in [0.4, 0.5) is 37.8 Å². The number of rotatable bonds is 4. The van der Waals surface area contributed by atoms with E-state index in [0.29, 0.717) is 6.07 Å². The molecular formula is C17H10F6N4S. The number of aromatic nitrogens is 2. The van der Waals surface area contributed by atoms with Crippen LogP contribution in [0.25, 0.3) is 0 Å². The molecule has 2 aromatic carbocycles. The third-order valence-corrected chi connectivity index (χ3v) is 3.79. The molecule has 0 radical (unpaired) electrons. The van der Waals surface area contributed by atoms with Gasteiger partial charge in [-0.05, 0) is 24.4 Å². The monoisotopic (exact) mass is 416 g/mol. The van der Waals surface area contributed by atoms with Gasteiger partial charge in [-0.2, -0.15) is 5.10 Å². The minimum Gasteiger partial charge on any atom is -0.330 e. The summed E-state index contributed by atoms with van der Waals surface area (Å²) in [6.07, 6.45) is 1.28. The lowest BCUT2D eigenvalue weighted by Crippen LogP contribution is -2.20. The highest BCUT2D eigenvalue weighted by molar-refractivity contribution is 7.80. The Labute approximate surface area is 159 Å². The molecule has 0 unspecified atom stereocenters. The molecule has 2 N–H and O–H groups in total. The van der Waals surface area contributed by atoms with Gasteiger partial charge in [0.05, 0.1) is 17.8 Å². The molecule has 0 atom stereocenters. The summed E-state index contributed by atoms with van der Waals surface area (Å²) in [5.74, 6) is -7.60. The van der Waals surface area contributed by atoms with Gasteiger partial charge in [-0.1, -0.05) is 0 Å². The van der Waals surface area contributed by atoms with E-state index in [2.05, 4.69) is 15.7 Å². The minimum absolute atomic E-state index is 0.0855. The highest BCUT2D eigenvalue weighted by Crippen LogP contribution is 2.21. The number of nitrogens with zero attached hydrogens (tertiary/aromatic N) is 2. The summed E-state index contributed by atoms with van der Waals surface area (Å²) in [7, 11) is 0. The van der Waals surface area contributed by atoms with E-state index in [9.17, 15) is 26.3 Å². The zero-order valence-electron chi connectivity index (χ0n) is 13.7. The second-order valence-corrected chi connectivity index (χ2v) is 5.96. The third kappa shape index (κ3) is 4.25. The van der Waals surface area contributed by atoms with Crippen LogP contribution in [0.1, 0.15) is 5.56 Å². The van der Waals surface area contributed by atoms with Gasteiger partial charge in [-0.3, -0.25) is 4.68 Å². The summed E-state index contributed by atoms with van der Waals surface area (Å²) >= 11 is 4.97. The zero-order valence-corrected chi connectivity index (χ0v) is 14.6. The Balaban J connectivity index is 1.70. The van der Waals surface area contributed by atoms with Gasteiger partial charge in [0.2, 0.25) is 0 Å². The van der Waals surface area contributed by atoms with Crippen molar-refractivity contribution in [2.24, 2.45) is 0 Å². The van der Waals surface area contributed by atoms with Gasteiger partial charge < -0.3 is 10.6 Å². The molecule has 0 fully saturated rings. The molecule has 3 rings (SSSR count). The van der Waals surface area contributed by atoms with Gasteiger partial charge >= 0.3 is 0 Å². The molecule has 4 nitrogen and oxygen atoms in total. The molecule has 28 heavy (non-hydrogen) atoms. The lowest BCUT2D eigenvalue weighted by molar-refractivity contribution is 0.431. The summed E-state index contributed by atoms with van der Waals surface area (Å²) in [6, 6.07) is 4.32. The molecule has 0 bridgehead atoms. The van der Waals surface area contributed by atoms with E-state index in [4.69, 9.17) is 12.2 Å². The van der Waals surface area contributed by atoms with Crippen molar-refractivity contribution in [3.63, 3.8) is 0 Å². The molecule has 0 saturated heterocycles. The smallest absolute Gasteiger partial charge is 0.176 e. The van der Waals surface area contributed by atoms with Gasteiger partial charge in [-0.25, -0.2) is 26.3 Å². The molecule has 0 amide bonds. The number of nitrogens with one attached hydrogen (secondary N) is 2. The van der Waals surface area contributed by atoms with Crippen molar-refractivity contribution in [1.29, 1.82) is 0 Å². The van der Waals surface area contributed by atoms with E-state index in [1.807, 2.05) is 0 Å². The predicted molar refractivity (Wildman–Crippen MR) is 93.8 cm³/mol. The van der Waals surface area contributed by atoms with Crippen molar-refractivity contribution in [2.45, 2.75) is 6.54 Å². The summed E-state index contributed by atoms with van der Waals surface area (Å²) in [5, 5.41) is 8.89. The quantitative estimate of drug-likeness (QED) is 0.371. The molecule has 11 heteroatoms. The van der Waals surface area contributed by atoms with Crippen molar-refractivity contribution >= 4 is 28.8 Å². The van der Waals surface area contributed by atoms with E-state index in [1.165, 1.54) is 12.3 Å². The van der Waals surface area contributed by atoms with Crippen molar-refractivity contribution in [2.75, 3.05) is 10.6 Å². The van der Waals surface area contributed by atoms with E-state index < -0.39 is 47.0 Å². The Morgan fingerprint density at radius 3 is 2.21 bits per heavy atom. The number of hydrogen-bond acceptors (Lipinski definition) is 2. The zero-order chi connectivity index (χ0) is 20.4. The van der Waals surface area contributed by atoms with E-state index in [1.54, 1.807) is 0 Å². The van der Waals surface area contributed by atoms with Crippen LogP contribution >= 0.6 is 12.2 Å². The van der Waals surface area contributed by atoms with Gasteiger partial charge in [0, 0.05) is 24.4 Å². The standard InChI is InChI=1S/C17H10F6N4S/c18-8-1-2-13(10(19)5-8)24-17(28)25-14-3-4-27(26-14)7-9-15(22)11(20)6-12(21)16(9)23/h1-6H,7H2,(H2,24,25,26,28). The molecule has 3 aromatic rings. The van der Waals surface area contributed by atoms with E-state index in [0.717, 1.165) is 16.8 Å². The molecule has 1 aromatic heterocycles. The molecule has 0 aliphatic rings. The maximum atomic E-state index is 13.7. The van der Waals surface area contributed by atoms with Crippen LogP contribution in [-0.4, -0.2) is 14.9 Å². The molecule has 146 valence electrons. The summed E-state index contributed by atoms with van der Waals surface area (Å²) in [5.41, 5.74) is -0.918. The molecular weight excluding hydrogens is 406 g/mol. The van der Waals surface area contributed by atoms with Crippen LogP contribution in [0.3, 0.4) is 0 Å². The van der Waals surface area contributed by atoms with Gasteiger partial charge in [0.1, 0.15) is 11.6 Å². The second-order valence-electron chi connectivity index (χ2n) is 5.55. The highest BCUT2D eigenvalue weighted by atomic mass is 32.1. The average Bonchev–Trinajstić information content (AvgIpc) is 3.06. The van der Waals surface area contributed by atoms with Crippen LogP contribution < -0.4 is 10.6 Å². The maximum Gasteiger partial charge on any atom is 0.176 e. The Morgan fingerprint density at radius 2 is 1.57 bits per heavy atom. The second kappa shape index (κ2) is 7.89.